The number of aryl methyl sites for hydroxylation is 1. The maximum atomic E-state index is 12.3. The molecule has 0 aliphatic rings. The first-order valence-electron chi connectivity index (χ1n) is 8.26. The van der Waals surface area contributed by atoms with E-state index >= 15 is 0 Å². The van der Waals surface area contributed by atoms with Gasteiger partial charge < -0.3 is 15.4 Å². The van der Waals surface area contributed by atoms with Crippen molar-refractivity contribution in [2.45, 2.75) is 25.8 Å². The summed E-state index contributed by atoms with van der Waals surface area (Å²) in [5, 5.41) is 14.1. The van der Waals surface area contributed by atoms with E-state index in [9.17, 15) is 9.59 Å². The number of anilines is 1. The first kappa shape index (κ1) is 19.0. The zero-order valence-corrected chi connectivity index (χ0v) is 14.6. The molecule has 0 saturated heterocycles. The highest BCUT2D eigenvalue weighted by Gasteiger charge is 2.08. The fourth-order valence-electron chi connectivity index (χ4n) is 2.42. The van der Waals surface area contributed by atoms with Gasteiger partial charge in [0, 0.05) is 18.7 Å². The molecule has 0 saturated carbocycles. The molecule has 0 radical (unpaired) electrons. The Labute approximate surface area is 152 Å². The molecule has 2 aromatic carbocycles. The number of methoxy groups -OCH3 is 1. The van der Waals surface area contributed by atoms with Gasteiger partial charge in [-0.2, -0.15) is 5.26 Å². The molecule has 0 fully saturated rings. The number of nitrogens with zero attached hydrogens (tertiary/aromatic N) is 1. The van der Waals surface area contributed by atoms with Crippen LogP contribution in [0.15, 0.2) is 48.5 Å². The third-order valence-corrected chi connectivity index (χ3v) is 3.78. The van der Waals surface area contributed by atoms with Crippen molar-refractivity contribution in [3.63, 3.8) is 0 Å². The van der Waals surface area contributed by atoms with Crippen molar-refractivity contribution in [3.05, 3.63) is 59.7 Å². The summed E-state index contributed by atoms with van der Waals surface area (Å²) >= 11 is 0. The van der Waals surface area contributed by atoms with Gasteiger partial charge in [-0.1, -0.05) is 30.3 Å². The number of hydrogen-bond acceptors (Lipinski definition) is 4. The predicted molar refractivity (Wildman–Crippen MR) is 98.5 cm³/mol. The van der Waals surface area contributed by atoms with E-state index in [1.807, 2.05) is 42.5 Å². The summed E-state index contributed by atoms with van der Waals surface area (Å²) < 4.78 is 5.18. The minimum Gasteiger partial charge on any atom is -0.497 e. The highest BCUT2D eigenvalue weighted by atomic mass is 16.5. The van der Waals surface area contributed by atoms with Gasteiger partial charge in [-0.15, -0.1) is 0 Å². The Balaban J connectivity index is 1.92. The molecule has 6 nitrogen and oxygen atoms in total. The molecule has 2 rings (SSSR count). The number of benzene rings is 2. The van der Waals surface area contributed by atoms with Crippen LogP contribution in [0, 0.1) is 11.3 Å². The number of rotatable bonds is 8. The number of carbonyl (C=O) groups excluding carboxylic acids is 2. The standard InChI is InChI=1S/C20H21N3O3/c1-26-17-7-4-5-15(13-17)9-10-20(25)23-18-8-3-2-6-16(18)14-22-19(24)11-12-21/h2-8,13H,9-11,14H2,1H3,(H,22,24)(H,23,25). The van der Waals surface area contributed by atoms with Crippen LogP contribution in [0.4, 0.5) is 5.69 Å². The van der Waals surface area contributed by atoms with Crippen LogP contribution >= 0.6 is 0 Å². The van der Waals surface area contributed by atoms with Crippen LogP contribution in [-0.4, -0.2) is 18.9 Å². The monoisotopic (exact) mass is 351 g/mol. The van der Waals surface area contributed by atoms with Crippen LogP contribution in [0.1, 0.15) is 24.0 Å². The SMILES string of the molecule is COc1cccc(CCC(=O)Nc2ccccc2CNC(=O)CC#N)c1. The summed E-state index contributed by atoms with van der Waals surface area (Å²) in [5.41, 5.74) is 2.46. The Hall–Kier alpha value is -3.33. The Morgan fingerprint density at radius 3 is 2.69 bits per heavy atom. The lowest BCUT2D eigenvalue weighted by Gasteiger charge is -2.12. The van der Waals surface area contributed by atoms with Gasteiger partial charge in [0.1, 0.15) is 12.2 Å². The Bertz CT molecular complexity index is 812. The first-order valence-corrected chi connectivity index (χ1v) is 8.26. The van der Waals surface area contributed by atoms with Gasteiger partial charge in [0.2, 0.25) is 11.8 Å². The highest BCUT2D eigenvalue weighted by Crippen LogP contribution is 2.17. The van der Waals surface area contributed by atoms with E-state index < -0.39 is 0 Å². The third kappa shape index (κ3) is 5.95. The predicted octanol–water partition coefficient (Wildman–Crippen LogP) is 2.80. The van der Waals surface area contributed by atoms with E-state index in [1.165, 1.54) is 0 Å². The van der Waals surface area contributed by atoms with Crippen LogP contribution in [-0.2, 0) is 22.6 Å². The Morgan fingerprint density at radius 1 is 1.12 bits per heavy atom. The number of nitriles is 1. The average Bonchev–Trinajstić information content (AvgIpc) is 2.66. The summed E-state index contributed by atoms with van der Waals surface area (Å²) in [5.74, 6) is 0.316. The second kappa shape index (κ2) is 9.84. The van der Waals surface area contributed by atoms with Crippen LogP contribution in [0.5, 0.6) is 5.75 Å². The number of para-hydroxylation sites is 1. The molecule has 2 aromatic rings. The van der Waals surface area contributed by atoms with Crippen molar-refractivity contribution in [2.75, 3.05) is 12.4 Å². The fraction of sp³-hybridized carbons (Fsp3) is 0.250. The van der Waals surface area contributed by atoms with Crippen LogP contribution in [0.2, 0.25) is 0 Å². The highest BCUT2D eigenvalue weighted by molar-refractivity contribution is 5.91. The van der Waals surface area contributed by atoms with Crippen molar-refractivity contribution in [2.24, 2.45) is 0 Å². The molecule has 0 unspecified atom stereocenters. The van der Waals surface area contributed by atoms with Crippen molar-refractivity contribution in [1.29, 1.82) is 5.26 Å². The molecular formula is C20H21N3O3. The number of hydrogen-bond donors (Lipinski definition) is 2. The maximum Gasteiger partial charge on any atom is 0.234 e. The van der Waals surface area contributed by atoms with Crippen molar-refractivity contribution < 1.29 is 14.3 Å². The zero-order valence-electron chi connectivity index (χ0n) is 14.6. The van der Waals surface area contributed by atoms with Gasteiger partial charge in [0.25, 0.3) is 0 Å². The van der Waals surface area contributed by atoms with Gasteiger partial charge in [-0.25, -0.2) is 0 Å². The molecule has 0 spiro atoms. The number of nitrogens with one attached hydrogen (secondary N) is 2. The smallest absolute Gasteiger partial charge is 0.234 e. The van der Waals surface area contributed by atoms with E-state index in [4.69, 9.17) is 10.00 Å². The molecule has 2 N–H and O–H groups in total. The van der Waals surface area contributed by atoms with E-state index in [2.05, 4.69) is 10.6 Å². The lowest BCUT2D eigenvalue weighted by atomic mass is 10.1. The minimum atomic E-state index is -0.341. The molecule has 0 aromatic heterocycles. The van der Waals surface area contributed by atoms with Crippen LogP contribution < -0.4 is 15.4 Å². The molecule has 0 atom stereocenters. The molecule has 134 valence electrons. The molecule has 0 heterocycles. The largest absolute Gasteiger partial charge is 0.497 e. The molecule has 26 heavy (non-hydrogen) atoms. The quantitative estimate of drug-likeness (QED) is 0.765. The molecule has 0 aliphatic carbocycles. The number of amides is 2. The van der Waals surface area contributed by atoms with Crippen LogP contribution in [0.25, 0.3) is 0 Å². The van der Waals surface area contributed by atoms with Gasteiger partial charge in [-0.05, 0) is 35.7 Å². The summed E-state index contributed by atoms with van der Waals surface area (Å²) in [4.78, 5) is 23.7. The van der Waals surface area contributed by atoms with Gasteiger partial charge in [0.15, 0.2) is 0 Å². The lowest BCUT2D eigenvalue weighted by Crippen LogP contribution is -2.23. The average molecular weight is 351 g/mol. The summed E-state index contributed by atoms with van der Waals surface area (Å²) in [7, 11) is 1.61. The van der Waals surface area contributed by atoms with Gasteiger partial charge >= 0.3 is 0 Å². The van der Waals surface area contributed by atoms with E-state index in [-0.39, 0.29) is 24.8 Å². The summed E-state index contributed by atoms with van der Waals surface area (Å²) in [6, 6.07) is 16.7. The van der Waals surface area contributed by atoms with Gasteiger partial charge in [-0.3, -0.25) is 9.59 Å². The van der Waals surface area contributed by atoms with E-state index in [0.717, 1.165) is 16.9 Å². The van der Waals surface area contributed by atoms with Crippen molar-refractivity contribution in [1.82, 2.24) is 5.32 Å². The fourth-order valence-corrected chi connectivity index (χ4v) is 2.42. The zero-order chi connectivity index (χ0) is 18.8. The van der Waals surface area contributed by atoms with Crippen molar-refractivity contribution in [3.8, 4) is 11.8 Å². The van der Waals surface area contributed by atoms with E-state index in [1.54, 1.807) is 19.2 Å². The normalized spacial score (nSPS) is 9.85. The Morgan fingerprint density at radius 2 is 1.92 bits per heavy atom. The van der Waals surface area contributed by atoms with Crippen molar-refractivity contribution >= 4 is 17.5 Å². The second-order valence-corrected chi connectivity index (χ2v) is 5.67. The molecule has 2 amide bonds. The summed E-state index contributed by atoms with van der Waals surface area (Å²) in [6.45, 7) is 0.257. The molecule has 0 bridgehead atoms. The van der Waals surface area contributed by atoms with Crippen LogP contribution in [0.3, 0.4) is 0 Å². The second-order valence-electron chi connectivity index (χ2n) is 5.67. The first-order chi connectivity index (χ1) is 12.6. The summed E-state index contributed by atoms with van der Waals surface area (Å²) in [6.07, 6.45) is 0.751. The van der Waals surface area contributed by atoms with Gasteiger partial charge in [0.05, 0.1) is 13.2 Å². The number of ether oxygens (including phenoxy) is 1. The minimum absolute atomic E-state index is 0.108. The lowest BCUT2D eigenvalue weighted by molar-refractivity contribution is -0.120. The molecular weight excluding hydrogens is 330 g/mol. The molecule has 6 heteroatoms. The van der Waals surface area contributed by atoms with E-state index in [0.29, 0.717) is 18.5 Å². The molecule has 0 aliphatic heterocycles. The Kier molecular flexibility index (Phi) is 7.19. The third-order valence-electron chi connectivity index (χ3n) is 3.78. The maximum absolute atomic E-state index is 12.3. The number of carbonyl (C=O) groups is 2. The topological polar surface area (TPSA) is 91.2 Å².